The van der Waals surface area contributed by atoms with Crippen molar-refractivity contribution >= 4 is 11.0 Å². The predicted molar refractivity (Wildman–Crippen MR) is 80.3 cm³/mol. The average molecular weight is 316 g/mol. The summed E-state index contributed by atoms with van der Waals surface area (Å²) in [6, 6.07) is 5.53. The molecule has 0 spiro atoms. The van der Waals surface area contributed by atoms with Gasteiger partial charge in [-0.1, -0.05) is 0 Å². The number of H-pyrrole nitrogens is 1. The van der Waals surface area contributed by atoms with E-state index in [9.17, 15) is 15.3 Å². The quantitative estimate of drug-likeness (QED) is 0.542. The number of aromatic amines is 1. The van der Waals surface area contributed by atoms with Gasteiger partial charge in [-0.3, -0.25) is 0 Å². The van der Waals surface area contributed by atoms with Crippen LogP contribution in [0.5, 0.6) is 0 Å². The van der Waals surface area contributed by atoms with Crippen molar-refractivity contribution in [3.8, 4) is 11.5 Å². The maximum Gasteiger partial charge on any atom is 0.178 e. The number of nitrogens with one attached hydrogen (secondary N) is 1. The lowest BCUT2D eigenvalue weighted by molar-refractivity contribution is -0.0508. The normalized spacial score (nSPS) is 27.8. The van der Waals surface area contributed by atoms with Crippen LogP contribution in [0.15, 0.2) is 36.8 Å². The van der Waals surface area contributed by atoms with Crippen LogP contribution in [0.1, 0.15) is 6.23 Å². The molecule has 0 radical (unpaired) electrons. The van der Waals surface area contributed by atoms with Gasteiger partial charge < -0.3 is 29.6 Å². The first kappa shape index (κ1) is 14.3. The summed E-state index contributed by atoms with van der Waals surface area (Å²) in [4.78, 5) is 11.9. The molecular formula is C15H16N4O4. The number of nitrogens with zero attached hydrogens (tertiary/aromatic N) is 3. The van der Waals surface area contributed by atoms with Crippen LogP contribution in [0, 0.1) is 0 Å². The molecular weight excluding hydrogens is 300 g/mol. The monoisotopic (exact) mass is 316 g/mol. The Labute approximate surface area is 131 Å². The molecule has 0 amide bonds. The minimum absolute atomic E-state index is 0.364. The van der Waals surface area contributed by atoms with Gasteiger partial charge in [-0.05, 0) is 18.2 Å². The molecule has 1 aliphatic rings. The maximum atomic E-state index is 10.2. The van der Waals surface area contributed by atoms with Gasteiger partial charge in [-0.2, -0.15) is 0 Å². The Hall–Kier alpha value is -2.26. The summed E-state index contributed by atoms with van der Waals surface area (Å²) in [6.07, 6.45) is 1.27. The highest BCUT2D eigenvalue weighted by Crippen LogP contribution is 2.32. The Morgan fingerprint density at radius 1 is 1.26 bits per heavy atom. The van der Waals surface area contributed by atoms with Gasteiger partial charge in [0.25, 0.3) is 0 Å². The van der Waals surface area contributed by atoms with E-state index in [1.807, 2.05) is 18.2 Å². The predicted octanol–water partition coefficient (Wildman–Crippen LogP) is 0.0379. The molecule has 4 rings (SSSR count). The van der Waals surface area contributed by atoms with E-state index in [1.165, 1.54) is 0 Å². The molecule has 1 saturated heterocycles. The number of hydrogen-bond donors (Lipinski definition) is 4. The van der Waals surface area contributed by atoms with Crippen LogP contribution in [-0.2, 0) is 4.74 Å². The topological polar surface area (TPSA) is 116 Å². The van der Waals surface area contributed by atoms with Crippen LogP contribution < -0.4 is 0 Å². The van der Waals surface area contributed by atoms with E-state index < -0.39 is 24.5 Å². The highest BCUT2D eigenvalue weighted by Gasteiger charge is 2.43. The maximum absolute atomic E-state index is 10.2. The van der Waals surface area contributed by atoms with E-state index in [0.29, 0.717) is 11.5 Å². The Bertz CT molecular complexity index is 816. The molecule has 0 bridgehead atoms. The molecule has 8 nitrogen and oxygen atoms in total. The van der Waals surface area contributed by atoms with Crippen LogP contribution in [0.3, 0.4) is 0 Å². The molecule has 0 aliphatic carbocycles. The van der Waals surface area contributed by atoms with Crippen molar-refractivity contribution in [2.75, 3.05) is 6.61 Å². The van der Waals surface area contributed by atoms with Gasteiger partial charge in [0.05, 0.1) is 12.3 Å². The van der Waals surface area contributed by atoms with Crippen molar-refractivity contribution in [3.05, 3.63) is 36.8 Å². The molecule has 8 heteroatoms. The molecule has 23 heavy (non-hydrogen) atoms. The van der Waals surface area contributed by atoms with Gasteiger partial charge in [-0.15, -0.1) is 0 Å². The molecule has 0 saturated carbocycles. The molecule has 3 aromatic heterocycles. The number of fused-ring (bicyclic) bond motifs is 1. The second-order valence-electron chi connectivity index (χ2n) is 5.51. The zero-order valence-electron chi connectivity index (χ0n) is 12.1. The molecule has 4 N–H and O–H groups in total. The van der Waals surface area contributed by atoms with Gasteiger partial charge in [0, 0.05) is 24.0 Å². The Kier molecular flexibility index (Phi) is 3.38. The van der Waals surface area contributed by atoms with Crippen LogP contribution in [0.4, 0.5) is 0 Å². The number of aliphatic hydroxyl groups excluding tert-OH is 3. The molecule has 1 fully saturated rings. The number of ether oxygens (including phenoxy) is 1. The zero-order chi connectivity index (χ0) is 16.0. The zero-order valence-corrected chi connectivity index (χ0v) is 12.1. The lowest BCUT2D eigenvalue weighted by Gasteiger charge is -2.17. The van der Waals surface area contributed by atoms with Crippen LogP contribution in [0.2, 0.25) is 0 Å². The average Bonchev–Trinajstić information content (AvgIpc) is 3.28. The van der Waals surface area contributed by atoms with Crippen molar-refractivity contribution in [1.82, 2.24) is 19.5 Å². The van der Waals surface area contributed by atoms with Gasteiger partial charge in [0.15, 0.2) is 12.1 Å². The third-order valence-corrected chi connectivity index (χ3v) is 4.09. The van der Waals surface area contributed by atoms with E-state index in [1.54, 1.807) is 23.2 Å². The second kappa shape index (κ2) is 5.43. The van der Waals surface area contributed by atoms with Crippen LogP contribution in [-0.4, -0.2) is 59.8 Å². The van der Waals surface area contributed by atoms with Crippen molar-refractivity contribution in [3.63, 3.8) is 0 Å². The van der Waals surface area contributed by atoms with Crippen molar-refractivity contribution in [1.29, 1.82) is 0 Å². The minimum atomic E-state index is -1.15. The number of aliphatic hydroxyl groups is 3. The highest BCUT2D eigenvalue weighted by atomic mass is 16.6. The SMILES string of the molecule is OC[C@H]1O[C@@H](n2ccc3cnc(-c4ccc[nH]4)nc32)[C@H](O)[C@@H]1O. The Morgan fingerprint density at radius 2 is 2.13 bits per heavy atom. The fourth-order valence-corrected chi connectivity index (χ4v) is 2.85. The van der Waals surface area contributed by atoms with E-state index in [2.05, 4.69) is 15.0 Å². The summed E-state index contributed by atoms with van der Waals surface area (Å²) in [5.74, 6) is 0.522. The number of hydrogen-bond acceptors (Lipinski definition) is 6. The fraction of sp³-hybridized carbons (Fsp3) is 0.333. The van der Waals surface area contributed by atoms with Gasteiger partial charge >= 0.3 is 0 Å². The lowest BCUT2D eigenvalue weighted by Crippen LogP contribution is -2.33. The first-order chi connectivity index (χ1) is 11.2. The van der Waals surface area contributed by atoms with Gasteiger partial charge in [-0.25, -0.2) is 9.97 Å². The first-order valence-electron chi connectivity index (χ1n) is 7.29. The van der Waals surface area contributed by atoms with Gasteiger partial charge in [0.1, 0.15) is 24.0 Å². The largest absolute Gasteiger partial charge is 0.394 e. The van der Waals surface area contributed by atoms with Crippen LogP contribution in [0.25, 0.3) is 22.6 Å². The molecule has 4 atom stereocenters. The van der Waals surface area contributed by atoms with Crippen LogP contribution >= 0.6 is 0 Å². The lowest BCUT2D eigenvalue weighted by atomic mass is 10.1. The summed E-state index contributed by atoms with van der Waals surface area (Å²) in [5.41, 5.74) is 1.36. The summed E-state index contributed by atoms with van der Waals surface area (Å²) in [5, 5.41) is 30.1. The highest BCUT2D eigenvalue weighted by molar-refractivity contribution is 5.77. The summed E-state index contributed by atoms with van der Waals surface area (Å²) in [7, 11) is 0. The van der Waals surface area contributed by atoms with E-state index >= 15 is 0 Å². The molecule has 1 aliphatic heterocycles. The van der Waals surface area contributed by atoms with Crippen molar-refractivity contribution < 1.29 is 20.1 Å². The molecule has 120 valence electrons. The minimum Gasteiger partial charge on any atom is -0.394 e. The summed E-state index contributed by atoms with van der Waals surface area (Å²) in [6.45, 7) is -0.364. The molecule has 3 aromatic rings. The van der Waals surface area contributed by atoms with E-state index in [-0.39, 0.29) is 6.61 Å². The molecule has 0 unspecified atom stereocenters. The number of rotatable bonds is 3. The van der Waals surface area contributed by atoms with Crippen molar-refractivity contribution in [2.45, 2.75) is 24.5 Å². The summed E-state index contributed by atoms with van der Waals surface area (Å²) < 4.78 is 7.21. The summed E-state index contributed by atoms with van der Waals surface area (Å²) >= 11 is 0. The second-order valence-corrected chi connectivity index (χ2v) is 5.51. The van der Waals surface area contributed by atoms with Gasteiger partial charge in [0.2, 0.25) is 0 Å². The molecule has 4 heterocycles. The molecule has 0 aromatic carbocycles. The Morgan fingerprint density at radius 3 is 2.83 bits per heavy atom. The smallest absolute Gasteiger partial charge is 0.178 e. The Balaban J connectivity index is 1.77. The standard InChI is InChI=1S/C15H16N4O4/c20-7-10-11(21)12(22)15(23-10)19-5-3-8-6-17-13(18-14(8)19)9-2-1-4-16-9/h1-6,10-12,15-16,20-22H,7H2/t10-,11-,12-,15-/m1/s1. The van der Waals surface area contributed by atoms with E-state index in [4.69, 9.17) is 4.74 Å². The fourth-order valence-electron chi connectivity index (χ4n) is 2.85. The number of aromatic nitrogens is 4. The third kappa shape index (κ3) is 2.23. The van der Waals surface area contributed by atoms with Crippen molar-refractivity contribution in [2.24, 2.45) is 0 Å². The third-order valence-electron chi connectivity index (χ3n) is 4.09. The van der Waals surface area contributed by atoms with E-state index in [0.717, 1.165) is 11.1 Å². The first-order valence-corrected chi connectivity index (χ1v) is 7.29.